The summed E-state index contributed by atoms with van der Waals surface area (Å²) in [5, 5.41) is 3.17. The molecular formula is C14H26N6O. The lowest BCUT2D eigenvalue weighted by Gasteiger charge is -2.36. The molecule has 0 saturated carbocycles. The molecule has 2 rings (SSSR count). The lowest BCUT2D eigenvalue weighted by Crippen LogP contribution is -2.44. The van der Waals surface area contributed by atoms with Gasteiger partial charge < -0.3 is 19.9 Å². The van der Waals surface area contributed by atoms with Crippen molar-refractivity contribution in [2.75, 3.05) is 56.0 Å². The van der Waals surface area contributed by atoms with Crippen molar-refractivity contribution in [3.05, 3.63) is 0 Å². The van der Waals surface area contributed by atoms with Crippen LogP contribution < -0.4 is 15.1 Å². The summed E-state index contributed by atoms with van der Waals surface area (Å²) in [6.07, 6.45) is 1.30. The van der Waals surface area contributed by atoms with Crippen molar-refractivity contribution in [3.8, 4) is 0 Å². The molecule has 1 aliphatic rings. The molecule has 1 aromatic rings. The van der Waals surface area contributed by atoms with Crippen LogP contribution in [-0.4, -0.2) is 61.9 Å². The summed E-state index contributed by atoms with van der Waals surface area (Å²) in [7, 11) is 5.64. The van der Waals surface area contributed by atoms with Crippen molar-refractivity contribution in [2.45, 2.75) is 26.4 Å². The number of hydrogen-bond acceptors (Lipinski definition) is 7. The van der Waals surface area contributed by atoms with E-state index in [0.717, 1.165) is 32.0 Å². The minimum atomic E-state index is 0.223. The maximum atomic E-state index is 5.57. The summed E-state index contributed by atoms with van der Waals surface area (Å²) < 4.78 is 5.57. The van der Waals surface area contributed by atoms with Gasteiger partial charge in [-0.25, -0.2) is 0 Å². The zero-order valence-corrected chi connectivity index (χ0v) is 13.6. The third kappa shape index (κ3) is 3.72. The van der Waals surface area contributed by atoms with Gasteiger partial charge in [0.2, 0.25) is 17.8 Å². The van der Waals surface area contributed by atoms with Crippen molar-refractivity contribution >= 4 is 17.8 Å². The van der Waals surface area contributed by atoms with Crippen LogP contribution in [0.1, 0.15) is 20.3 Å². The van der Waals surface area contributed by atoms with E-state index in [9.17, 15) is 0 Å². The molecule has 0 spiro atoms. The number of aromatic nitrogens is 3. The summed E-state index contributed by atoms with van der Waals surface area (Å²) in [5.41, 5.74) is 0. The van der Waals surface area contributed by atoms with Gasteiger partial charge in [0.05, 0.1) is 6.10 Å². The zero-order chi connectivity index (χ0) is 15.4. The number of hydrogen-bond donors (Lipinski definition) is 1. The largest absolute Gasteiger partial charge is 0.379 e. The van der Waals surface area contributed by atoms with Crippen molar-refractivity contribution in [2.24, 2.45) is 5.92 Å². The van der Waals surface area contributed by atoms with Gasteiger partial charge in [-0.3, -0.25) is 0 Å². The number of nitrogens with zero attached hydrogens (tertiary/aromatic N) is 5. The number of anilines is 3. The first kappa shape index (κ1) is 15.8. The molecule has 2 heterocycles. The van der Waals surface area contributed by atoms with Gasteiger partial charge in [-0.15, -0.1) is 0 Å². The second-order valence-electron chi connectivity index (χ2n) is 5.67. The predicted octanol–water partition coefficient (Wildman–Crippen LogP) is 1.23. The monoisotopic (exact) mass is 294 g/mol. The average molecular weight is 294 g/mol. The second kappa shape index (κ2) is 6.89. The van der Waals surface area contributed by atoms with E-state index < -0.39 is 0 Å². The van der Waals surface area contributed by atoms with Crippen LogP contribution in [0.25, 0.3) is 0 Å². The first-order valence-electron chi connectivity index (χ1n) is 7.50. The van der Waals surface area contributed by atoms with Crippen LogP contribution in [0.5, 0.6) is 0 Å². The summed E-state index contributed by atoms with van der Waals surface area (Å²) in [6.45, 7) is 6.81. The van der Waals surface area contributed by atoms with Gasteiger partial charge in [0, 0.05) is 40.8 Å². The predicted molar refractivity (Wildman–Crippen MR) is 85.1 cm³/mol. The van der Waals surface area contributed by atoms with Gasteiger partial charge in [0.15, 0.2) is 0 Å². The fourth-order valence-corrected chi connectivity index (χ4v) is 2.45. The van der Waals surface area contributed by atoms with E-state index in [-0.39, 0.29) is 6.10 Å². The maximum absolute atomic E-state index is 5.57. The molecule has 1 saturated heterocycles. The van der Waals surface area contributed by atoms with Gasteiger partial charge in [-0.05, 0) is 19.3 Å². The SMILES string of the molecule is CCNc1nc(N(C)C)nc(N2CCC(C)C(OC)C2)n1. The molecular weight excluding hydrogens is 268 g/mol. The summed E-state index contributed by atoms with van der Waals surface area (Å²) >= 11 is 0. The van der Waals surface area contributed by atoms with E-state index >= 15 is 0 Å². The fraction of sp³-hybridized carbons (Fsp3) is 0.786. The summed E-state index contributed by atoms with van der Waals surface area (Å²) in [5.74, 6) is 2.58. The molecule has 118 valence electrons. The number of rotatable bonds is 5. The zero-order valence-electron chi connectivity index (χ0n) is 13.6. The van der Waals surface area contributed by atoms with Crippen LogP contribution in [0.2, 0.25) is 0 Å². The van der Waals surface area contributed by atoms with Crippen LogP contribution in [-0.2, 0) is 4.74 Å². The fourth-order valence-electron chi connectivity index (χ4n) is 2.45. The van der Waals surface area contributed by atoms with Gasteiger partial charge >= 0.3 is 0 Å². The van der Waals surface area contributed by atoms with E-state index in [1.165, 1.54) is 0 Å². The Balaban J connectivity index is 2.25. The van der Waals surface area contributed by atoms with Crippen molar-refractivity contribution in [1.29, 1.82) is 0 Å². The first-order chi connectivity index (χ1) is 10.0. The first-order valence-corrected chi connectivity index (χ1v) is 7.50. The second-order valence-corrected chi connectivity index (χ2v) is 5.67. The smallest absolute Gasteiger partial charge is 0.232 e. The molecule has 1 N–H and O–H groups in total. The number of piperidine rings is 1. The molecule has 1 aliphatic heterocycles. The molecule has 0 amide bonds. The van der Waals surface area contributed by atoms with E-state index in [0.29, 0.717) is 17.8 Å². The van der Waals surface area contributed by atoms with Gasteiger partial charge in [0.1, 0.15) is 0 Å². The Hall–Kier alpha value is -1.63. The molecule has 0 bridgehead atoms. The molecule has 2 unspecified atom stereocenters. The molecule has 7 nitrogen and oxygen atoms in total. The lowest BCUT2D eigenvalue weighted by atomic mass is 9.96. The van der Waals surface area contributed by atoms with Crippen LogP contribution in [0, 0.1) is 5.92 Å². The molecule has 1 aromatic heterocycles. The van der Waals surface area contributed by atoms with Crippen LogP contribution >= 0.6 is 0 Å². The highest BCUT2D eigenvalue weighted by Gasteiger charge is 2.28. The Morgan fingerprint density at radius 1 is 1.33 bits per heavy atom. The van der Waals surface area contributed by atoms with Crippen LogP contribution in [0.15, 0.2) is 0 Å². The molecule has 21 heavy (non-hydrogen) atoms. The van der Waals surface area contributed by atoms with Gasteiger partial charge in [-0.1, -0.05) is 6.92 Å². The van der Waals surface area contributed by atoms with Crippen molar-refractivity contribution in [1.82, 2.24) is 15.0 Å². The number of ether oxygens (including phenoxy) is 1. The number of nitrogens with one attached hydrogen (secondary N) is 1. The maximum Gasteiger partial charge on any atom is 0.232 e. The minimum Gasteiger partial charge on any atom is -0.379 e. The Bertz CT molecular complexity index is 467. The van der Waals surface area contributed by atoms with E-state index in [2.05, 4.69) is 32.1 Å². The molecule has 0 aromatic carbocycles. The summed E-state index contributed by atoms with van der Waals surface area (Å²) in [4.78, 5) is 17.6. The molecule has 7 heteroatoms. The highest BCUT2D eigenvalue weighted by Crippen LogP contribution is 2.24. The topological polar surface area (TPSA) is 66.4 Å². The Labute approximate surface area is 126 Å². The Morgan fingerprint density at radius 2 is 2.10 bits per heavy atom. The van der Waals surface area contributed by atoms with Gasteiger partial charge in [-0.2, -0.15) is 15.0 Å². The number of methoxy groups -OCH3 is 1. The lowest BCUT2D eigenvalue weighted by molar-refractivity contribution is 0.0494. The van der Waals surface area contributed by atoms with E-state index in [1.54, 1.807) is 7.11 Å². The highest BCUT2D eigenvalue weighted by molar-refractivity contribution is 5.44. The molecule has 1 fully saturated rings. The van der Waals surface area contributed by atoms with E-state index in [1.807, 2.05) is 25.9 Å². The Kier molecular flexibility index (Phi) is 5.17. The third-order valence-electron chi connectivity index (χ3n) is 3.82. The summed E-state index contributed by atoms with van der Waals surface area (Å²) in [6, 6.07) is 0. The minimum absolute atomic E-state index is 0.223. The average Bonchev–Trinajstić information content (AvgIpc) is 2.47. The van der Waals surface area contributed by atoms with Gasteiger partial charge in [0.25, 0.3) is 0 Å². The van der Waals surface area contributed by atoms with E-state index in [4.69, 9.17) is 4.74 Å². The molecule has 2 atom stereocenters. The van der Waals surface area contributed by atoms with Crippen molar-refractivity contribution < 1.29 is 4.74 Å². The standard InChI is InChI=1S/C14H26N6O/c1-6-15-12-16-13(19(3)4)18-14(17-12)20-8-7-10(2)11(9-20)21-5/h10-11H,6-9H2,1-5H3,(H,15,16,17,18). The van der Waals surface area contributed by atoms with Crippen molar-refractivity contribution in [3.63, 3.8) is 0 Å². The quantitative estimate of drug-likeness (QED) is 0.876. The third-order valence-corrected chi connectivity index (χ3v) is 3.82. The molecule has 0 aliphatic carbocycles. The highest BCUT2D eigenvalue weighted by atomic mass is 16.5. The van der Waals surface area contributed by atoms with Crippen LogP contribution in [0.4, 0.5) is 17.8 Å². The Morgan fingerprint density at radius 3 is 2.71 bits per heavy atom. The molecule has 0 radical (unpaired) electrons. The van der Waals surface area contributed by atoms with Crippen LogP contribution in [0.3, 0.4) is 0 Å². The normalized spacial score (nSPS) is 22.2.